The molecule has 1 aliphatic rings. The first-order chi connectivity index (χ1) is 32.5. The summed E-state index contributed by atoms with van der Waals surface area (Å²) in [5.41, 5.74) is 13.5. The average molecular weight is 927 g/mol. The highest BCUT2D eigenvalue weighted by Gasteiger charge is 2.32. The monoisotopic (exact) mass is 927 g/mol. The lowest BCUT2D eigenvalue weighted by atomic mass is 9.82. The third-order valence-corrected chi connectivity index (χ3v) is 13.8. The molecule has 0 saturated carbocycles. The van der Waals surface area contributed by atoms with Gasteiger partial charge in [-0.2, -0.15) is 13.2 Å². The van der Waals surface area contributed by atoms with E-state index in [2.05, 4.69) is 184 Å². The summed E-state index contributed by atoms with van der Waals surface area (Å²) in [6.45, 7) is 28.2. The zero-order valence-electron chi connectivity index (χ0n) is 42.2. The standard InChI is InChI=1S/C61H65F3N4O/c1-37(2)42-27-50(38(3)4)58(51(28-42)39(5)6)41-24-25-65-57(29-41)68-53-23-20-44(61(62,63)64)32-52(53)49-22-21-47(34-56(49)68)69-48-31-45(60(10,11)12)30-46(33-48)67-36-66(54-18-13-14-19-55(54)67)35-40-16-15-17-43(26-40)59(7,8)9/h13-34,37-39H,35-36H2,1-12H3. The van der Waals surface area contributed by atoms with Crippen LogP contribution < -0.4 is 14.5 Å². The lowest BCUT2D eigenvalue weighted by Crippen LogP contribution is -2.28. The van der Waals surface area contributed by atoms with Crippen molar-refractivity contribution in [3.05, 3.63) is 173 Å². The number of benzene rings is 6. The molecule has 5 nitrogen and oxygen atoms in total. The molecule has 3 heterocycles. The number of pyridine rings is 1. The van der Waals surface area contributed by atoms with Crippen molar-refractivity contribution in [1.29, 1.82) is 0 Å². The summed E-state index contributed by atoms with van der Waals surface area (Å²) in [6.07, 6.45) is -2.69. The Balaban J connectivity index is 1.15. The summed E-state index contributed by atoms with van der Waals surface area (Å²) < 4.78 is 51.9. The lowest BCUT2D eigenvalue weighted by molar-refractivity contribution is -0.137. The van der Waals surface area contributed by atoms with Crippen LogP contribution in [-0.2, 0) is 23.6 Å². The molecule has 356 valence electrons. The Morgan fingerprint density at radius 3 is 1.93 bits per heavy atom. The van der Waals surface area contributed by atoms with E-state index in [9.17, 15) is 13.2 Å². The molecule has 0 N–H and O–H groups in total. The number of rotatable bonds is 10. The smallest absolute Gasteiger partial charge is 0.416 e. The number of fused-ring (bicyclic) bond motifs is 4. The van der Waals surface area contributed by atoms with Crippen molar-refractivity contribution in [2.24, 2.45) is 0 Å². The molecule has 8 aromatic rings. The molecule has 69 heavy (non-hydrogen) atoms. The van der Waals surface area contributed by atoms with Crippen LogP contribution in [0, 0.1) is 0 Å². The van der Waals surface area contributed by atoms with E-state index in [1.54, 1.807) is 6.07 Å². The van der Waals surface area contributed by atoms with Crippen LogP contribution >= 0.6 is 0 Å². The van der Waals surface area contributed by atoms with Crippen LogP contribution in [0.3, 0.4) is 0 Å². The minimum absolute atomic E-state index is 0.0460. The highest BCUT2D eigenvalue weighted by Crippen LogP contribution is 2.46. The van der Waals surface area contributed by atoms with E-state index in [0.717, 1.165) is 35.1 Å². The van der Waals surface area contributed by atoms with Gasteiger partial charge >= 0.3 is 6.18 Å². The Morgan fingerprint density at radius 2 is 1.28 bits per heavy atom. The Labute approximate surface area is 406 Å². The molecule has 8 heteroatoms. The topological polar surface area (TPSA) is 33.5 Å². The maximum absolute atomic E-state index is 14.3. The van der Waals surface area contributed by atoms with Gasteiger partial charge in [0.2, 0.25) is 0 Å². The Bertz CT molecular complexity index is 3190. The molecular weight excluding hydrogens is 862 g/mol. The highest BCUT2D eigenvalue weighted by molar-refractivity contribution is 6.10. The molecule has 1 aliphatic heterocycles. The second-order valence-electron chi connectivity index (χ2n) is 22.0. The first kappa shape index (κ1) is 47.5. The third kappa shape index (κ3) is 9.35. The predicted molar refractivity (Wildman–Crippen MR) is 281 cm³/mol. The largest absolute Gasteiger partial charge is 0.457 e. The van der Waals surface area contributed by atoms with E-state index in [1.165, 1.54) is 45.1 Å². The summed E-state index contributed by atoms with van der Waals surface area (Å²) in [5.74, 6) is 2.73. The molecule has 2 aromatic heterocycles. The molecule has 0 amide bonds. The van der Waals surface area contributed by atoms with Crippen LogP contribution in [0.4, 0.5) is 30.2 Å². The van der Waals surface area contributed by atoms with Gasteiger partial charge in [0, 0.05) is 41.3 Å². The van der Waals surface area contributed by atoms with Crippen LogP contribution in [0.5, 0.6) is 11.5 Å². The van der Waals surface area contributed by atoms with Crippen molar-refractivity contribution in [1.82, 2.24) is 9.55 Å². The van der Waals surface area contributed by atoms with E-state index in [1.807, 2.05) is 29.0 Å². The van der Waals surface area contributed by atoms with E-state index < -0.39 is 11.7 Å². The molecule has 0 radical (unpaired) electrons. The fourth-order valence-corrected chi connectivity index (χ4v) is 9.84. The third-order valence-electron chi connectivity index (χ3n) is 13.8. The molecule has 0 bridgehead atoms. The number of anilines is 3. The van der Waals surface area contributed by atoms with Gasteiger partial charge in [0.25, 0.3) is 0 Å². The number of ether oxygens (including phenoxy) is 1. The predicted octanol–water partition coefficient (Wildman–Crippen LogP) is 17.7. The van der Waals surface area contributed by atoms with Crippen molar-refractivity contribution in [2.45, 2.75) is 124 Å². The van der Waals surface area contributed by atoms with Gasteiger partial charge in [-0.1, -0.05) is 132 Å². The van der Waals surface area contributed by atoms with E-state index in [0.29, 0.717) is 51.7 Å². The van der Waals surface area contributed by atoms with Gasteiger partial charge in [0.05, 0.1) is 34.6 Å². The van der Waals surface area contributed by atoms with Crippen LogP contribution in [-0.4, -0.2) is 16.2 Å². The van der Waals surface area contributed by atoms with Crippen LogP contribution in [0.2, 0.25) is 0 Å². The Kier molecular flexibility index (Phi) is 12.2. The molecule has 9 rings (SSSR count). The summed E-state index contributed by atoms with van der Waals surface area (Å²) in [5, 5.41) is 1.17. The molecule has 6 aromatic carbocycles. The number of alkyl halides is 3. The zero-order valence-corrected chi connectivity index (χ0v) is 42.2. The maximum Gasteiger partial charge on any atom is 0.416 e. The fraction of sp³-hybridized carbons (Fsp3) is 0.328. The number of para-hydroxylation sites is 2. The second-order valence-corrected chi connectivity index (χ2v) is 22.0. The van der Waals surface area contributed by atoms with Crippen molar-refractivity contribution in [3.63, 3.8) is 0 Å². The SMILES string of the molecule is CC(C)c1cc(C(C)C)c(-c2ccnc(-n3c4ccc(C(F)(F)F)cc4c4ccc(Oc5cc(N6CN(Cc7cccc(C(C)(C)C)c7)c7ccccc76)cc(C(C)(C)C)c5)cc43)c2)c(C(C)C)c1. The van der Waals surface area contributed by atoms with E-state index >= 15 is 0 Å². The van der Waals surface area contributed by atoms with Crippen LogP contribution in [0.1, 0.15) is 140 Å². The first-order valence-electron chi connectivity index (χ1n) is 24.4. The van der Waals surface area contributed by atoms with Gasteiger partial charge in [-0.05, 0) is 140 Å². The number of nitrogens with zero attached hydrogens (tertiary/aromatic N) is 4. The van der Waals surface area contributed by atoms with E-state index in [-0.39, 0.29) is 22.7 Å². The minimum Gasteiger partial charge on any atom is -0.457 e. The molecule has 0 unspecified atom stereocenters. The van der Waals surface area contributed by atoms with Gasteiger partial charge in [-0.25, -0.2) is 4.98 Å². The second kappa shape index (κ2) is 17.8. The van der Waals surface area contributed by atoms with Gasteiger partial charge in [-0.3, -0.25) is 4.57 Å². The Morgan fingerprint density at radius 1 is 0.580 bits per heavy atom. The molecule has 0 atom stereocenters. The van der Waals surface area contributed by atoms with Crippen molar-refractivity contribution in [3.8, 4) is 28.4 Å². The van der Waals surface area contributed by atoms with Crippen molar-refractivity contribution < 1.29 is 17.9 Å². The number of hydrogen-bond acceptors (Lipinski definition) is 4. The van der Waals surface area contributed by atoms with Crippen molar-refractivity contribution in [2.75, 3.05) is 16.5 Å². The molecule has 0 aliphatic carbocycles. The minimum atomic E-state index is -4.51. The highest BCUT2D eigenvalue weighted by atomic mass is 19.4. The summed E-state index contributed by atoms with van der Waals surface area (Å²) >= 11 is 0. The normalized spacial score (nSPS) is 13.5. The molecule has 0 fully saturated rings. The quantitative estimate of drug-likeness (QED) is 0.137. The number of aromatic nitrogens is 2. The summed E-state index contributed by atoms with van der Waals surface area (Å²) in [4.78, 5) is 9.72. The molecule has 0 saturated heterocycles. The molecular formula is C61H65F3N4O. The fourth-order valence-electron chi connectivity index (χ4n) is 9.84. The van der Waals surface area contributed by atoms with E-state index in [4.69, 9.17) is 9.72 Å². The Hall–Kier alpha value is -6.54. The van der Waals surface area contributed by atoms with Crippen LogP contribution in [0.15, 0.2) is 134 Å². The zero-order chi connectivity index (χ0) is 49.3. The number of hydrogen-bond donors (Lipinski definition) is 0. The average Bonchev–Trinajstić information content (AvgIpc) is 3.82. The van der Waals surface area contributed by atoms with Gasteiger partial charge < -0.3 is 14.5 Å². The van der Waals surface area contributed by atoms with Gasteiger partial charge in [0.1, 0.15) is 17.3 Å². The first-order valence-corrected chi connectivity index (χ1v) is 24.4. The number of halogens is 3. The maximum atomic E-state index is 14.3. The van der Waals surface area contributed by atoms with Gasteiger partial charge in [0.15, 0.2) is 0 Å². The summed E-state index contributed by atoms with van der Waals surface area (Å²) in [6, 6.07) is 42.4. The van der Waals surface area contributed by atoms with Crippen LogP contribution in [0.25, 0.3) is 38.8 Å². The lowest BCUT2D eigenvalue weighted by Gasteiger charge is -2.26. The van der Waals surface area contributed by atoms with Crippen molar-refractivity contribution >= 4 is 38.9 Å². The summed E-state index contributed by atoms with van der Waals surface area (Å²) in [7, 11) is 0. The van der Waals surface area contributed by atoms with Gasteiger partial charge in [-0.15, -0.1) is 0 Å². The molecule has 0 spiro atoms.